The van der Waals surface area contributed by atoms with Crippen LogP contribution < -0.4 is 5.32 Å². The third-order valence-electron chi connectivity index (χ3n) is 2.08. The Hall–Kier alpha value is -1.74. The molecule has 0 spiro atoms. The van der Waals surface area contributed by atoms with Crippen LogP contribution in [-0.4, -0.2) is 12.5 Å². The zero-order valence-electron chi connectivity index (χ0n) is 9.74. The number of amides is 1. The number of halogens is 2. The Labute approximate surface area is 108 Å². The molecule has 1 aromatic rings. The molecule has 0 aromatic carbocycles. The molecule has 0 fully saturated rings. The van der Waals surface area contributed by atoms with E-state index in [4.69, 9.17) is 5.26 Å². The van der Waals surface area contributed by atoms with Crippen LogP contribution in [0.4, 0.5) is 8.78 Å². The summed E-state index contributed by atoms with van der Waals surface area (Å²) in [6, 6.07) is 3.04. The topological polar surface area (TPSA) is 52.9 Å². The molecule has 0 saturated carbocycles. The van der Waals surface area contributed by atoms with Gasteiger partial charge < -0.3 is 5.32 Å². The van der Waals surface area contributed by atoms with E-state index < -0.39 is 12.3 Å². The minimum atomic E-state index is -2.54. The molecule has 0 saturated heterocycles. The molecule has 0 aliphatic carbocycles. The van der Waals surface area contributed by atoms with Crippen LogP contribution in [0.2, 0.25) is 0 Å². The van der Waals surface area contributed by atoms with Gasteiger partial charge in [0.2, 0.25) is 0 Å². The first-order chi connectivity index (χ1) is 8.58. The average Bonchev–Trinajstić information content (AvgIpc) is 2.81. The molecule has 1 N–H and O–H groups in total. The lowest BCUT2D eigenvalue weighted by atomic mass is 10.2. The lowest BCUT2D eigenvalue weighted by molar-refractivity contribution is -0.117. The summed E-state index contributed by atoms with van der Waals surface area (Å²) in [6.45, 7) is 2.37. The predicted molar refractivity (Wildman–Crippen MR) is 66.2 cm³/mol. The minimum absolute atomic E-state index is 0.0777. The van der Waals surface area contributed by atoms with E-state index >= 15 is 0 Å². The highest BCUT2D eigenvalue weighted by Gasteiger charge is 2.11. The smallest absolute Gasteiger partial charge is 0.264 e. The second kappa shape index (κ2) is 6.87. The molecule has 0 aliphatic heterocycles. The van der Waals surface area contributed by atoms with Crippen LogP contribution in [-0.2, 0) is 4.79 Å². The molecule has 0 unspecified atom stereocenters. The van der Waals surface area contributed by atoms with Crippen molar-refractivity contribution in [3.05, 3.63) is 27.5 Å². The third-order valence-corrected chi connectivity index (χ3v) is 2.98. The van der Waals surface area contributed by atoms with E-state index in [-0.39, 0.29) is 11.1 Å². The van der Waals surface area contributed by atoms with Crippen molar-refractivity contribution in [1.82, 2.24) is 5.32 Å². The van der Waals surface area contributed by atoms with Crippen molar-refractivity contribution in [3.63, 3.8) is 0 Å². The Morgan fingerprint density at radius 1 is 1.67 bits per heavy atom. The Morgan fingerprint density at radius 2 is 2.39 bits per heavy atom. The third kappa shape index (κ3) is 3.93. The van der Waals surface area contributed by atoms with E-state index in [9.17, 15) is 13.6 Å². The number of nitriles is 1. The summed E-state index contributed by atoms with van der Waals surface area (Å²) in [5.74, 6) is -0.480. The van der Waals surface area contributed by atoms with Gasteiger partial charge >= 0.3 is 0 Å². The Balaban J connectivity index is 2.84. The summed E-state index contributed by atoms with van der Waals surface area (Å²) in [4.78, 5) is 12.0. The molecular weight excluding hydrogens is 258 g/mol. The minimum Gasteiger partial charge on any atom is -0.351 e. The van der Waals surface area contributed by atoms with E-state index in [1.165, 1.54) is 17.5 Å². The zero-order chi connectivity index (χ0) is 13.5. The maximum absolute atomic E-state index is 12.4. The van der Waals surface area contributed by atoms with Crippen LogP contribution in [0, 0.1) is 11.3 Å². The van der Waals surface area contributed by atoms with Gasteiger partial charge in [0.05, 0.1) is 0 Å². The number of alkyl halides is 2. The predicted octanol–water partition coefficient (Wildman–Crippen LogP) is 3.12. The van der Waals surface area contributed by atoms with Gasteiger partial charge in [-0.15, -0.1) is 11.3 Å². The summed E-state index contributed by atoms with van der Waals surface area (Å²) in [5, 5.41) is 12.7. The molecule has 1 amide bonds. The van der Waals surface area contributed by atoms with Gasteiger partial charge in [-0.25, -0.2) is 8.78 Å². The SMILES string of the molecule is CCCNC(=O)/C(C#N)=C\c1cc(C(F)F)cs1. The van der Waals surface area contributed by atoms with Crippen LogP contribution >= 0.6 is 11.3 Å². The van der Waals surface area contributed by atoms with E-state index in [0.29, 0.717) is 11.4 Å². The van der Waals surface area contributed by atoms with Gasteiger partial charge in [0, 0.05) is 22.4 Å². The number of carbonyl (C=O) groups excluding carboxylic acids is 1. The Morgan fingerprint density at radius 3 is 2.89 bits per heavy atom. The standard InChI is InChI=1S/C12H12F2N2OS/c1-2-3-16-12(17)8(6-15)4-10-5-9(7-18-10)11(13)14/h4-5,7,11H,2-3H2,1H3,(H,16,17)/b8-4-. The summed E-state index contributed by atoms with van der Waals surface area (Å²) in [5.41, 5.74) is -0.177. The van der Waals surface area contributed by atoms with Gasteiger partial charge in [0.15, 0.2) is 0 Å². The van der Waals surface area contributed by atoms with Crippen LogP contribution in [0.25, 0.3) is 6.08 Å². The maximum atomic E-state index is 12.4. The number of nitrogens with zero attached hydrogens (tertiary/aromatic N) is 1. The Kier molecular flexibility index (Phi) is 5.46. The fraction of sp³-hybridized carbons (Fsp3) is 0.333. The molecule has 0 atom stereocenters. The van der Waals surface area contributed by atoms with Gasteiger partial charge in [-0.05, 0) is 18.6 Å². The molecule has 6 heteroatoms. The lowest BCUT2D eigenvalue weighted by Crippen LogP contribution is -2.24. The molecule has 3 nitrogen and oxygen atoms in total. The molecule has 0 bridgehead atoms. The summed E-state index contributed by atoms with van der Waals surface area (Å²) in [6.07, 6.45) is -0.455. The highest BCUT2D eigenvalue weighted by Crippen LogP contribution is 2.26. The molecule has 1 aromatic heterocycles. The molecule has 1 rings (SSSR count). The quantitative estimate of drug-likeness (QED) is 0.660. The number of nitrogens with one attached hydrogen (secondary N) is 1. The zero-order valence-corrected chi connectivity index (χ0v) is 10.6. The molecule has 18 heavy (non-hydrogen) atoms. The van der Waals surface area contributed by atoms with Crippen molar-refractivity contribution < 1.29 is 13.6 Å². The number of rotatable bonds is 5. The first-order valence-electron chi connectivity index (χ1n) is 5.35. The largest absolute Gasteiger partial charge is 0.351 e. The highest BCUT2D eigenvalue weighted by molar-refractivity contribution is 7.11. The summed E-state index contributed by atoms with van der Waals surface area (Å²) < 4.78 is 24.7. The summed E-state index contributed by atoms with van der Waals surface area (Å²) in [7, 11) is 0. The van der Waals surface area contributed by atoms with Crippen molar-refractivity contribution >= 4 is 23.3 Å². The molecule has 1 heterocycles. The van der Waals surface area contributed by atoms with Crippen LogP contribution in [0.1, 0.15) is 30.2 Å². The van der Waals surface area contributed by atoms with Gasteiger partial charge in [-0.2, -0.15) is 5.26 Å². The molecule has 0 aliphatic rings. The van der Waals surface area contributed by atoms with Crippen LogP contribution in [0.15, 0.2) is 17.0 Å². The first-order valence-corrected chi connectivity index (χ1v) is 6.23. The monoisotopic (exact) mass is 270 g/mol. The fourth-order valence-electron chi connectivity index (χ4n) is 1.18. The normalized spacial score (nSPS) is 11.4. The van der Waals surface area contributed by atoms with Crippen molar-refractivity contribution in [1.29, 1.82) is 5.26 Å². The van der Waals surface area contributed by atoms with Crippen molar-refractivity contribution in [3.8, 4) is 6.07 Å². The van der Waals surface area contributed by atoms with Crippen molar-refractivity contribution in [2.75, 3.05) is 6.54 Å². The number of hydrogen-bond acceptors (Lipinski definition) is 3. The number of carbonyl (C=O) groups is 1. The van der Waals surface area contributed by atoms with E-state index in [1.807, 2.05) is 6.92 Å². The van der Waals surface area contributed by atoms with E-state index in [1.54, 1.807) is 6.07 Å². The van der Waals surface area contributed by atoms with Crippen molar-refractivity contribution in [2.45, 2.75) is 19.8 Å². The summed E-state index contributed by atoms with van der Waals surface area (Å²) >= 11 is 1.08. The molecule has 96 valence electrons. The number of hydrogen-bond donors (Lipinski definition) is 1. The lowest BCUT2D eigenvalue weighted by Gasteiger charge is -2.00. The first kappa shape index (κ1) is 14.3. The molecule has 0 radical (unpaired) electrons. The van der Waals surface area contributed by atoms with E-state index in [0.717, 1.165) is 17.8 Å². The van der Waals surface area contributed by atoms with Gasteiger partial charge in [0.25, 0.3) is 12.3 Å². The molecular formula is C12H12F2N2OS. The van der Waals surface area contributed by atoms with Gasteiger partial charge in [0.1, 0.15) is 11.6 Å². The highest BCUT2D eigenvalue weighted by atomic mass is 32.1. The number of thiophene rings is 1. The van der Waals surface area contributed by atoms with E-state index in [2.05, 4.69) is 5.32 Å². The maximum Gasteiger partial charge on any atom is 0.264 e. The van der Waals surface area contributed by atoms with Crippen LogP contribution in [0.5, 0.6) is 0 Å². The van der Waals surface area contributed by atoms with Crippen molar-refractivity contribution in [2.24, 2.45) is 0 Å². The average molecular weight is 270 g/mol. The fourth-order valence-corrected chi connectivity index (χ4v) is 2.02. The Bertz CT molecular complexity index is 489. The van der Waals surface area contributed by atoms with Gasteiger partial charge in [-0.1, -0.05) is 6.92 Å². The second-order valence-electron chi connectivity index (χ2n) is 3.51. The second-order valence-corrected chi connectivity index (χ2v) is 4.45. The van der Waals surface area contributed by atoms with Gasteiger partial charge in [-0.3, -0.25) is 4.79 Å². The van der Waals surface area contributed by atoms with Crippen LogP contribution in [0.3, 0.4) is 0 Å².